The third-order valence-corrected chi connectivity index (χ3v) is 4.48. The van der Waals surface area contributed by atoms with Gasteiger partial charge in [0.15, 0.2) is 0 Å². The first-order valence-electron chi connectivity index (χ1n) is 8.97. The molecule has 3 aromatic carbocycles. The van der Waals surface area contributed by atoms with Gasteiger partial charge in [-0.3, -0.25) is 4.79 Å². The molecular formula is C23H22FNO3. The van der Waals surface area contributed by atoms with Gasteiger partial charge in [-0.25, -0.2) is 4.39 Å². The molecule has 28 heavy (non-hydrogen) atoms. The number of ether oxygens (including phenoxy) is 1. The molecule has 0 fully saturated rings. The first-order chi connectivity index (χ1) is 13.5. The highest BCUT2D eigenvalue weighted by Crippen LogP contribution is 2.23. The molecule has 0 aliphatic carbocycles. The Morgan fingerprint density at radius 2 is 1.71 bits per heavy atom. The van der Waals surface area contributed by atoms with Gasteiger partial charge in [0, 0.05) is 24.3 Å². The van der Waals surface area contributed by atoms with Gasteiger partial charge in [-0.1, -0.05) is 42.5 Å². The highest BCUT2D eigenvalue weighted by Gasteiger charge is 2.12. The molecule has 0 unspecified atom stereocenters. The number of carbonyl (C=O) groups is 1. The van der Waals surface area contributed by atoms with Crippen LogP contribution in [0.5, 0.6) is 5.75 Å². The number of rotatable bonds is 8. The molecule has 0 aromatic heterocycles. The van der Waals surface area contributed by atoms with E-state index in [1.807, 2.05) is 42.5 Å². The van der Waals surface area contributed by atoms with Crippen LogP contribution in [0, 0.1) is 5.82 Å². The molecule has 0 saturated carbocycles. The molecule has 0 amide bonds. The second kappa shape index (κ2) is 9.04. The van der Waals surface area contributed by atoms with Crippen molar-refractivity contribution >= 4 is 11.7 Å². The van der Waals surface area contributed by atoms with Crippen molar-refractivity contribution in [3.63, 3.8) is 0 Å². The monoisotopic (exact) mass is 379 g/mol. The van der Waals surface area contributed by atoms with Gasteiger partial charge in [-0.15, -0.1) is 0 Å². The van der Waals surface area contributed by atoms with Crippen LogP contribution in [0.3, 0.4) is 0 Å². The van der Waals surface area contributed by atoms with E-state index in [0.717, 1.165) is 22.6 Å². The largest absolute Gasteiger partial charge is 0.497 e. The molecule has 0 aliphatic heterocycles. The van der Waals surface area contributed by atoms with Crippen molar-refractivity contribution < 1.29 is 19.0 Å². The summed E-state index contributed by atoms with van der Waals surface area (Å²) in [7, 11) is 1.62. The molecule has 0 spiro atoms. The zero-order valence-electron chi connectivity index (χ0n) is 15.6. The Bertz CT molecular complexity index is 941. The Morgan fingerprint density at radius 3 is 2.39 bits per heavy atom. The van der Waals surface area contributed by atoms with E-state index in [-0.39, 0.29) is 12.2 Å². The second-order valence-corrected chi connectivity index (χ2v) is 6.54. The predicted molar refractivity (Wildman–Crippen MR) is 107 cm³/mol. The van der Waals surface area contributed by atoms with Crippen LogP contribution >= 0.6 is 0 Å². The SMILES string of the molecule is COc1cccc(CN(Cc2ccccc2F)c2ccc(CC(=O)O)cc2)c1. The smallest absolute Gasteiger partial charge is 0.307 e. The number of nitrogens with zero attached hydrogens (tertiary/aromatic N) is 1. The number of halogens is 1. The van der Waals surface area contributed by atoms with Crippen LogP contribution in [-0.4, -0.2) is 18.2 Å². The third kappa shape index (κ3) is 5.10. The lowest BCUT2D eigenvalue weighted by Crippen LogP contribution is -2.22. The summed E-state index contributed by atoms with van der Waals surface area (Å²) < 4.78 is 19.5. The maximum Gasteiger partial charge on any atom is 0.307 e. The van der Waals surface area contributed by atoms with Crippen molar-refractivity contribution in [2.45, 2.75) is 19.5 Å². The highest BCUT2D eigenvalue weighted by atomic mass is 19.1. The number of carboxylic acids is 1. The van der Waals surface area contributed by atoms with E-state index in [9.17, 15) is 9.18 Å². The van der Waals surface area contributed by atoms with Crippen LogP contribution in [0.2, 0.25) is 0 Å². The Labute approximate surface area is 163 Å². The van der Waals surface area contributed by atoms with Crippen molar-refractivity contribution in [2.24, 2.45) is 0 Å². The fraction of sp³-hybridized carbons (Fsp3) is 0.174. The number of aliphatic carboxylic acids is 1. The van der Waals surface area contributed by atoms with Crippen molar-refractivity contribution in [1.82, 2.24) is 0 Å². The fourth-order valence-electron chi connectivity index (χ4n) is 3.06. The normalized spacial score (nSPS) is 10.5. The molecule has 3 rings (SSSR count). The summed E-state index contributed by atoms with van der Waals surface area (Å²) in [6.45, 7) is 0.950. The van der Waals surface area contributed by atoms with E-state index in [1.54, 1.807) is 31.4 Å². The minimum atomic E-state index is -0.868. The van der Waals surface area contributed by atoms with Gasteiger partial charge in [0.2, 0.25) is 0 Å². The molecule has 4 nitrogen and oxygen atoms in total. The number of carboxylic acid groups (broad SMARTS) is 1. The molecule has 0 radical (unpaired) electrons. The molecule has 144 valence electrons. The topological polar surface area (TPSA) is 49.8 Å². The summed E-state index contributed by atoms with van der Waals surface area (Å²) in [4.78, 5) is 13.0. The third-order valence-electron chi connectivity index (χ3n) is 4.48. The Hall–Kier alpha value is -3.34. The molecule has 5 heteroatoms. The van der Waals surface area contributed by atoms with Crippen molar-refractivity contribution in [1.29, 1.82) is 0 Å². The maximum atomic E-state index is 14.2. The standard InChI is InChI=1S/C23H22FNO3/c1-28-21-7-4-5-18(13-21)15-25(16-19-6-2-3-8-22(19)24)20-11-9-17(10-12-20)14-23(26)27/h2-13H,14-16H2,1H3,(H,26,27). The van der Waals surface area contributed by atoms with E-state index < -0.39 is 5.97 Å². The number of methoxy groups -OCH3 is 1. The van der Waals surface area contributed by atoms with Crippen LogP contribution in [0.25, 0.3) is 0 Å². The van der Waals surface area contributed by atoms with Gasteiger partial charge in [0.05, 0.1) is 13.5 Å². The van der Waals surface area contributed by atoms with E-state index in [0.29, 0.717) is 18.7 Å². The summed E-state index contributed by atoms with van der Waals surface area (Å²) in [5, 5.41) is 8.95. The zero-order valence-corrected chi connectivity index (χ0v) is 15.6. The average molecular weight is 379 g/mol. The van der Waals surface area contributed by atoms with Crippen LogP contribution in [-0.2, 0) is 24.3 Å². The van der Waals surface area contributed by atoms with E-state index in [2.05, 4.69) is 4.90 Å². The summed E-state index contributed by atoms with van der Waals surface area (Å²) in [6, 6.07) is 21.8. The number of benzene rings is 3. The summed E-state index contributed by atoms with van der Waals surface area (Å²) in [6.07, 6.45) is -0.0243. The quantitative estimate of drug-likeness (QED) is 0.618. The Balaban J connectivity index is 1.89. The Morgan fingerprint density at radius 1 is 0.964 bits per heavy atom. The molecule has 0 atom stereocenters. The molecule has 0 aliphatic rings. The highest BCUT2D eigenvalue weighted by molar-refractivity contribution is 5.70. The average Bonchev–Trinajstić information content (AvgIpc) is 2.69. The lowest BCUT2D eigenvalue weighted by Gasteiger charge is -2.26. The zero-order chi connectivity index (χ0) is 19.9. The van der Waals surface area contributed by atoms with Crippen LogP contribution in [0.15, 0.2) is 72.8 Å². The van der Waals surface area contributed by atoms with Gasteiger partial charge in [0.1, 0.15) is 11.6 Å². The number of hydrogen-bond donors (Lipinski definition) is 1. The predicted octanol–water partition coefficient (Wildman–Crippen LogP) is 4.67. The molecule has 0 heterocycles. The van der Waals surface area contributed by atoms with Crippen LogP contribution in [0.1, 0.15) is 16.7 Å². The molecule has 0 bridgehead atoms. The van der Waals surface area contributed by atoms with E-state index >= 15 is 0 Å². The van der Waals surface area contributed by atoms with Crippen LogP contribution < -0.4 is 9.64 Å². The van der Waals surface area contributed by atoms with Crippen molar-refractivity contribution in [3.05, 3.63) is 95.3 Å². The van der Waals surface area contributed by atoms with E-state index in [4.69, 9.17) is 9.84 Å². The minimum Gasteiger partial charge on any atom is -0.497 e. The lowest BCUT2D eigenvalue weighted by molar-refractivity contribution is -0.136. The van der Waals surface area contributed by atoms with Crippen molar-refractivity contribution in [3.8, 4) is 5.75 Å². The molecule has 3 aromatic rings. The summed E-state index contributed by atoms with van der Waals surface area (Å²) >= 11 is 0. The molecule has 1 N–H and O–H groups in total. The maximum absolute atomic E-state index is 14.2. The number of anilines is 1. The van der Waals surface area contributed by atoms with Gasteiger partial charge in [-0.05, 0) is 41.5 Å². The summed E-state index contributed by atoms with van der Waals surface area (Å²) in [5.74, 6) is -0.354. The van der Waals surface area contributed by atoms with Crippen LogP contribution in [0.4, 0.5) is 10.1 Å². The Kier molecular flexibility index (Phi) is 6.27. The first-order valence-corrected chi connectivity index (χ1v) is 8.97. The van der Waals surface area contributed by atoms with Gasteiger partial charge >= 0.3 is 5.97 Å². The van der Waals surface area contributed by atoms with Gasteiger partial charge in [-0.2, -0.15) is 0 Å². The fourth-order valence-corrected chi connectivity index (χ4v) is 3.06. The summed E-state index contributed by atoms with van der Waals surface area (Å²) in [5.41, 5.74) is 3.24. The van der Waals surface area contributed by atoms with Gasteiger partial charge in [0.25, 0.3) is 0 Å². The van der Waals surface area contributed by atoms with Gasteiger partial charge < -0.3 is 14.7 Å². The lowest BCUT2D eigenvalue weighted by atomic mass is 10.1. The van der Waals surface area contributed by atoms with E-state index in [1.165, 1.54) is 6.07 Å². The minimum absolute atomic E-state index is 0.0243. The second-order valence-electron chi connectivity index (χ2n) is 6.54. The molecular weight excluding hydrogens is 357 g/mol. The number of hydrogen-bond acceptors (Lipinski definition) is 3. The molecule has 0 saturated heterocycles. The first kappa shape index (κ1) is 19.4. The van der Waals surface area contributed by atoms with Crippen molar-refractivity contribution in [2.75, 3.05) is 12.0 Å².